The van der Waals surface area contributed by atoms with E-state index in [1.54, 1.807) is 26.1 Å². The standard InChI is InChI=1S/C28H39F3N2O4/c1-24(2,3)12-10-18-8-9-19(14-21(18)28(29,30)31)27(6)20(11-13-37-7)15-33(23(36)32-27)26(5)16-25(4,17-26)22(34)35/h8-9,14-15H,10-13,16-17H2,1-7H3,(H,32,36)(H,34,35)/t25?,26?,27-/m0/s1. The van der Waals surface area contributed by atoms with Crippen LogP contribution in [0.2, 0.25) is 0 Å². The Labute approximate surface area is 217 Å². The van der Waals surface area contributed by atoms with Gasteiger partial charge in [0, 0.05) is 18.8 Å². The van der Waals surface area contributed by atoms with Crippen molar-refractivity contribution in [1.29, 1.82) is 0 Å². The third-order valence-electron chi connectivity index (χ3n) is 7.86. The van der Waals surface area contributed by atoms with E-state index in [0.717, 1.165) is 6.07 Å². The highest BCUT2D eigenvalue weighted by Crippen LogP contribution is 2.53. The molecule has 1 atom stereocenters. The van der Waals surface area contributed by atoms with Crippen LogP contribution in [-0.2, 0) is 27.7 Å². The Morgan fingerprint density at radius 1 is 1.14 bits per heavy atom. The number of hydrogen-bond donors (Lipinski definition) is 2. The normalized spacial score (nSPS) is 28.4. The van der Waals surface area contributed by atoms with Crippen molar-refractivity contribution < 1.29 is 32.6 Å². The van der Waals surface area contributed by atoms with Crippen molar-refractivity contribution >= 4 is 12.0 Å². The van der Waals surface area contributed by atoms with Gasteiger partial charge in [-0.3, -0.25) is 9.69 Å². The fourth-order valence-corrected chi connectivity index (χ4v) is 5.71. The van der Waals surface area contributed by atoms with Crippen LogP contribution in [0.1, 0.15) is 83.9 Å². The molecule has 1 saturated carbocycles. The summed E-state index contributed by atoms with van der Waals surface area (Å²) < 4.78 is 47.7. The third kappa shape index (κ3) is 5.81. The largest absolute Gasteiger partial charge is 0.481 e. The molecule has 0 unspecified atom stereocenters. The molecular formula is C28H39F3N2O4. The zero-order valence-electron chi connectivity index (χ0n) is 22.8. The Balaban J connectivity index is 2.03. The second-order valence-electron chi connectivity index (χ2n) is 12.5. The van der Waals surface area contributed by atoms with Crippen LogP contribution in [0.5, 0.6) is 0 Å². The number of aliphatic carboxylic acids is 1. The first-order chi connectivity index (χ1) is 16.8. The number of rotatable bonds is 8. The number of urea groups is 1. The summed E-state index contributed by atoms with van der Waals surface area (Å²) in [7, 11) is 1.54. The van der Waals surface area contributed by atoms with Crippen molar-refractivity contribution in [1.82, 2.24) is 10.2 Å². The van der Waals surface area contributed by atoms with Crippen molar-refractivity contribution in [3.63, 3.8) is 0 Å². The van der Waals surface area contributed by atoms with Gasteiger partial charge in [-0.15, -0.1) is 0 Å². The average Bonchev–Trinajstić information content (AvgIpc) is 2.74. The molecule has 1 aromatic rings. The fraction of sp³-hybridized carbons (Fsp3) is 0.643. The molecule has 0 saturated heterocycles. The average molecular weight is 525 g/mol. The number of hydrogen-bond acceptors (Lipinski definition) is 3. The van der Waals surface area contributed by atoms with Gasteiger partial charge < -0.3 is 15.2 Å². The molecular weight excluding hydrogens is 485 g/mol. The lowest BCUT2D eigenvalue weighted by Crippen LogP contribution is -2.66. The van der Waals surface area contributed by atoms with Gasteiger partial charge in [0.15, 0.2) is 0 Å². The number of carbonyl (C=O) groups is 2. The summed E-state index contributed by atoms with van der Waals surface area (Å²) in [6, 6.07) is 3.87. The van der Waals surface area contributed by atoms with E-state index in [1.807, 2.05) is 27.7 Å². The van der Waals surface area contributed by atoms with Gasteiger partial charge in [-0.25, -0.2) is 4.79 Å². The second kappa shape index (κ2) is 9.64. The van der Waals surface area contributed by atoms with Gasteiger partial charge in [-0.2, -0.15) is 13.2 Å². The number of nitrogens with one attached hydrogen (secondary N) is 1. The number of benzene rings is 1. The Morgan fingerprint density at radius 2 is 1.76 bits per heavy atom. The zero-order chi connectivity index (χ0) is 28.0. The van der Waals surface area contributed by atoms with E-state index in [-0.39, 0.29) is 23.8 Å². The molecule has 1 aliphatic carbocycles. The van der Waals surface area contributed by atoms with E-state index in [0.29, 0.717) is 37.0 Å². The Bertz CT molecular complexity index is 1080. The molecule has 0 aromatic heterocycles. The highest BCUT2D eigenvalue weighted by molar-refractivity contribution is 5.82. The lowest BCUT2D eigenvalue weighted by atomic mass is 9.58. The maximum atomic E-state index is 14.1. The van der Waals surface area contributed by atoms with Crippen LogP contribution in [0.4, 0.5) is 18.0 Å². The summed E-state index contributed by atoms with van der Waals surface area (Å²) in [6.07, 6.45) is -1.04. The zero-order valence-corrected chi connectivity index (χ0v) is 22.8. The number of halogens is 3. The summed E-state index contributed by atoms with van der Waals surface area (Å²) in [5.41, 5.74) is -2.38. The summed E-state index contributed by atoms with van der Waals surface area (Å²) in [5, 5.41) is 12.5. The van der Waals surface area contributed by atoms with E-state index in [1.165, 1.54) is 18.1 Å². The van der Waals surface area contributed by atoms with Gasteiger partial charge in [-0.1, -0.05) is 32.9 Å². The smallest absolute Gasteiger partial charge is 0.416 e. The molecule has 9 heteroatoms. The minimum Gasteiger partial charge on any atom is -0.481 e. The van der Waals surface area contributed by atoms with Crippen LogP contribution < -0.4 is 5.32 Å². The molecule has 206 valence electrons. The highest BCUT2D eigenvalue weighted by Gasteiger charge is 2.58. The number of carboxylic acids is 1. The minimum absolute atomic E-state index is 0.112. The molecule has 1 heterocycles. The molecule has 1 aromatic carbocycles. The number of ether oxygens (including phenoxy) is 1. The Kier molecular flexibility index (Phi) is 7.56. The van der Waals surface area contributed by atoms with Gasteiger partial charge in [0.1, 0.15) is 0 Å². The molecule has 1 aliphatic heterocycles. The first kappa shape index (κ1) is 29.0. The van der Waals surface area contributed by atoms with Crippen LogP contribution in [0.3, 0.4) is 0 Å². The van der Waals surface area contributed by atoms with Crippen LogP contribution in [-0.4, -0.2) is 41.3 Å². The van der Waals surface area contributed by atoms with Gasteiger partial charge >= 0.3 is 18.2 Å². The number of methoxy groups -OCH3 is 1. The Morgan fingerprint density at radius 3 is 2.27 bits per heavy atom. The molecule has 2 aliphatic rings. The van der Waals surface area contributed by atoms with E-state index < -0.39 is 40.2 Å². The minimum atomic E-state index is -4.54. The molecule has 2 N–H and O–H groups in total. The molecule has 2 amide bonds. The van der Waals surface area contributed by atoms with Crippen molar-refractivity contribution in [3.05, 3.63) is 46.7 Å². The molecule has 0 radical (unpaired) electrons. The number of carboxylic acid groups (broad SMARTS) is 1. The first-order valence-electron chi connectivity index (χ1n) is 12.6. The number of alkyl halides is 3. The van der Waals surface area contributed by atoms with Crippen molar-refractivity contribution in [2.24, 2.45) is 10.8 Å². The van der Waals surface area contributed by atoms with Crippen LogP contribution in [0, 0.1) is 10.8 Å². The highest BCUT2D eigenvalue weighted by atomic mass is 19.4. The number of amides is 2. The second-order valence-corrected chi connectivity index (χ2v) is 12.5. The van der Waals surface area contributed by atoms with Gasteiger partial charge in [0.05, 0.1) is 23.1 Å². The van der Waals surface area contributed by atoms with E-state index >= 15 is 0 Å². The molecule has 0 bridgehead atoms. The quantitative estimate of drug-likeness (QED) is 0.408. The van der Waals surface area contributed by atoms with Crippen molar-refractivity contribution in [3.8, 4) is 0 Å². The monoisotopic (exact) mass is 524 g/mol. The number of carbonyl (C=O) groups excluding carboxylic acids is 1. The third-order valence-corrected chi connectivity index (χ3v) is 7.86. The van der Waals surface area contributed by atoms with E-state index in [9.17, 15) is 27.9 Å². The predicted octanol–water partition coefficient (Wildman–Crippen LogP) is 6.49. The summed E-state index contributed by atoms with van der Waals surface area (Å²) in [6.45, 7) is 11.5. The summed E-state index contributed by atoms with van der Waals surface area (Å²) in [5.74, 6) is -0.915. The molecule has 0 spiro atoms. The topological polar surface area (TPSA) is 78.9 Å². The molecule has 3 rings (SSSR count). The van der Waals surface area contributed by atoms with Gasteiger partial charge in [0.2, 0.25) is 0 Å². The number of nitrogens with zero attached hydrogens (tertiary/aromatic N) is 1. The van der Waals surface area contributed by atoms with Crippen molar-refractivity contribution in [2.45, 2.75) is 90.9 Å². The van der Waals surface area contributed by atoms with Gasteiger partial charge in [-0.05, 0) is 81.1 Å². The summed E-state index contributed by atoms with van der Waals surface area (Å²) >= 11 is 0. The molecule has 6 nitrogen and oxygen atoms in total. The van der Waals surface area contributed by atoms with Crippen LogP contribution >= 0.6 is 0 Å². The maximum absolute atomic E-state index is 14.1. The fourth-order valence-electron chi connectivity index (χ4n) is 5.71. The first-order valence-corrected chi connectivity index (χ1v) is 12.6. The maximum Gasteiger partial charge on any atom is 0.416 e. The number of aryl methyl sites for hydroxylation is 1. The Hall–Kier alpha value is -2.55. The lowest BCUT2D eigenvalue weighted by Gasteiger charge is -2.57. The van der Waals surface area contributed by atoms with E-state index in [2.05, 4.69) is 5.32 Å². The SMILES string of the molecule is COCCC1=CN(C2(C)CC(C)(C(=O)O)C2)C(=O)N[C@@]1(C)c1ccc(CCC(C)(C)C)c(C(F)(F)F)c1. The summed E-state index contributed by atoms with van der Waals surface area (Å²) in [4.78, 5) is 26.5. The van der Waals surface area contributed by atoms with Gasteiger partial charge in [0.25, 0.3) is 0 Å². The van der Waals surface area contributed by atoms with Crippen molar-refractivity contribution in [2.75, 3.05) is 13.7 Å². The molecule has 37 heavy (non-hydrogen) atoms. The van der Waals surface area contributed by atoms with E-state index in [4.69, 9.17) is 4.74 Å². The molecule has 1 fully saturated rings. The van der Waals surface area contributed by atoms with Crippen LogP contribution in [0.25, 0.3) is 0 Å². The van der Waals surface area contributed by atoms with Crippen LogP contribution in [0.15, 0.2) is 30.0 Å². The predicted molar refractivity (Wildman–Crippen MR) is 135 cm³/mol. The lowest BCUT2D eigenvalue weighted by molar-refractivity contribution is -0.161.